The Labute approximate surface area is 261 Å². The molecule has 3 aromatic rings. The lowest BCUT2D eigenvalue weighted by atomic mass is 10.2. The Morgan fingerprint density at radius 2 is 1.17 bits per heavy atom. The number of sulfone groups is 3. The fourth-order valence-electron chi connectivity index (χ4n) is 3.69. The molecule has 234 valence electrons. The average molecular weight is 675 g/mol. The minimum atomic E-state index is -3.18. The van der Waals surface area contributed by atoms with Crippen molar-refractivity contribution in [3.63, 3.8) is 0 Å². The highest BCUT2D eigenvalue weighted by atomic mass is 32.3. The van der Waals surface area contributed by atoms with E-state index >= 15 is 0 Å². The third-order valence-corrected chi connectivity index (χ3v) is 15.2. The van der Waals surface area contributed by atoms with Crippen LogP contribution in [-0.4, -0.2) is 64.9 Å². The van der Waals surface area contributed by atoms with Crippen LogP contribution < -0.4 is 0 Å². The van der Waals surface area contributed by atoms with Crippen molar-refractivity contribution in [1.29, 1.82) is 0 Å². The zero-order valence-electron chi connectivity index (χ0n) is 25.1. The lowest BCUT2D eigenvalue weighted by molar-refractivity contribution is 0.318. The van der Waals surface area contributed by atoms with Crippen molar-refractivity contribution in [2.75, 3.05) is 30.5 Å². The molecule has 42 heavy (non-hydrogen) atoms. The van der Waals surface area contributed by atoms with Gasteiger partial charge in [-0.1, -0.05) is 60.5 Å². The van der Waals surface area contributed by atoms with E-state index in [1.807, 2.05) is 51.3 Å². The van der Waals surface area contributed by atoms with Crippen LogP contribution in [0.4, 0.5) is 0 Å². The SMILES string of the molecule is CCO.CS(=O)(=O)c1ccccc1.CSCS(=O)(=O)c1ccc(C)cc1.CS[C@]1(S(=O)(=O)c2ccc(C)cc2)C[C@@H]1C. The highest BCUT2D eigenvalue weighted by Gasteiger charge is 2.61. The summed E-state index contributed by atoms with van der Waals surface area (Å²) in [6, 6.07) is 22.4. The molecule has 0 aromatic heterocycles. The molecule has 0 aliphatic heterocycles. The van der Waals surface area contributed by atoms with Crippen molar-refractivity contribution < 1.29 is 30.4 Å². The fraction of sp³-hybridized carbons (Fsp3) is 0.400. The molecule has 1 saturated carbocycles. The van der Waals surface area contributed by atoms with E-state index in [0.29, 0.717) is 14.7 Å². The van der Waals surface area contributed by atoms with Gasteiger partial charge in [0.2, 0.25) is 0 Å². The number of hydrogen-bond acceptors (Lipinski definition) is 9. The average Bonchev–Trinajstić information content (AvgIpc) is 3.62. The van der Waals surface area contributed by atoms with Crippen molar-refractivity contribution in [2.45, 2.75) is 52.9 Å². The third kappa shape index (κ3) is 11.0. The largest absolute Gasteiger partial charge is 0.397 e. The van der Waals surface area contributed by atoms with E-state index in [4.69, 9.17) is 5.11 Å². The standard InChI is InChI=1S/C12H16O2S2.C9H12O2S2.C7H8O2S.C2H6O/c1-9-4-6-11(7-5-9)16(13,14)12(15-3)8-10(12)2;1-8-3-5-9(6-4-8)13(10,11)7-12-2;1-10(8,9)7-5-3-2-4-6-7;1-2-3/h4-7,10H,8H2,1-3H3;3-6H,7H2,1-2H3;2-6H,1H3;3H,2H2,1H3/t10-,12-;;;/m0.../s1. The fourth-order valence-corrected chi connectivity index (χ4v) is 10.6. The molecule has 7 nitrogen and oxygen atoms in total. The van der Waals surface area contributed by atoms with Crippen LogP contribution in [0.25, 0.3) is 0 Å². The summed E-state index contributed by atoms with van der Waals surface area (Å²) < 4.78 is 69.0. The summed E-state index contributed by atoms with van der Waals surface area (Å²) in [4.78, 5) is 1.24. The molecule has 4 rings (SSSR count). The number of hydrogen-bond donors (Lipinski definition) is 1. The lowest BCUT2D eigenvalue weighted by Crippen LogP contribution is -2.21. The Morgan fingerprint density at radius 1 is 0.762 bits per heavy atom. The molecule has 0 saturated heterocycles. The van der Waals surface area contributed by atoms with E-state index in [1.54, 1.807) is 67.8 Å². The van der Waals surface area contributed by atoms with Crippen LogP contribution in [0.1, 0.15) is 31.4 Å². The summed E-state index contributed by atoms with van der Waals surface area (Å²) >= 11 is 2.78. The normalized spacial score (nSPS) is 17.8. The van der Waals surface area contributed by atoms with Gasteiger partial charge in [-0.25, -0.2) is 25.3 Å². The van der Waals surface area contributed by atoms with Crippen LogP contribution in [0.5, 0.6) is 0 Å². The molecular formula is C30H42O7S5. The van der Waals surface area contributed by atoms with Gasteiger partial charge in [0.05, 0.1) is 14.7 Å². The van der Waals surface area contributed by atoms with Gasteiger partial charge in [-0.05, 0) is 82.0 Å². The van der Waals surface area contributed by atoms with Crippen LogP contribution >= 0.6 is 23.5 Å². The minimum Gasteiger partial charge on any atom is -0.397 e. The van der Waals surface area contributed by atoms with Crippen molar-refractivity contribution in [3.8, 4) is 0 Å². The zero-order chi connectivity index (χ0) is 32.2. The van der Waals surface area contributed by atoms with Gasteiger partial charge in [0.15, 0.2) is 29.5 Å². The molecule has 2 atom stereocenters. The maximum Gasteiger partial charge on any atom is 0.193 e. The molecule has 0 heterocycles. The molecule has 3 aromatic carbocycles. The molecule has 0 unspecified atom stereocenters. The predicted octanol–water partition coefficient (Wildman–Crippen LogP) is 6.05. The molecule has 0 radical (unpaired) electrons. The Kier molecular flexibility index (Phi) is 15.3. The number of thioether (sulfide) groups is 2. The van der Waals surface area contributed by atoms with Crippen LogP contribution in [0, 0.1) is 19.8 Å². The highest BCUT2D eigenvalue weighted by molar-refractivity contribution is 8.14. The smallest absolute Gasteiger partial charge is 0.193 e. The van der Waals surface area contributed by atoms with E-state index in [9.17, 15) is 25.3 Å². The second kappa shape index (κ2) is 16.9. The van der Waals surface area contributed by atoms with E-state index in [1.165, 1.54) is 29.8 Å². The van der Waals surface area contributed by atoms with Gasteiger partial charge < -0.3 is 5.11 Å². The van der Waals surface area contributed by atoms with Gasteiger partial charge in [0.25, 0.3) is 0 Å². The summed E-state index contributed by atoms with van der Waals surface area (Å²) in [5, 5.41) is 7.72. The molecule has 1 N–H and O–H groups in total. The van der Waals surface area contributed by atoms with Crippen molar-refractivity contribution in [3.05, 3.63) is 90.0 Å². The first-order valence-electron chi connectivity index (χ1n) is 13.0. The van der Waals surface area contributed by atoms with Crippen LogP contribution in [0.3, 0.4) is 0 Å². The Bertz CT molecular complexity index is 1550. The van der Waals surface area contributed by atoms with Crippen LogP contribution in [-0.2, 0) is 29.5 Å². The van der Waals surface area contributed by atoms with Crippen molar-refractivity contribution in [2.24, 2.45) is 5.92 Å². The van der Waals surface area contributed by atoms with Gasteiger partial charge in [0, 0.05) is 12.9 Å². The summed E-state index contributed by atoms with van der Waals surface area (Å²) in [6.07, 6.45) is 5.63. The summed E-state index contributed by atoms with van der Waals surface area (Å²) in [5.74, 6) is 0.258. The predicted molar refractivity (Wildman–Crippen MR) is 177 cm³/mol. The second-order valence-electron chi connectivity index (χ2n) is 9.67. The quantitative estimate of drug-likeness (QED) is 0.319. The first-order valence-corrected chi connectivity index (χ1v) is 20.7. The first kappa shape index (κ1) is 38.2. The maximum atomic E-state index is 12.4. The first-order chi connectivity index (χ1) is 19.5. The second-order valence-corrected chi connectivity index (χ2v) is 18.5. The minimum absolute atomic E-state index is 0.149. The zero-order valence-corrected chi connectivity index (χ0v) is 29.2. The van der Waals surface area contributed by atoms with E-state index in [0.717, 1.165) is 17.5 Å². The van der Waals surface area contributed by atoms with E-state index < -0.39 is 33.6 Å². The molecule has 1 fully saturated rings. The lowest BCUT2D eigenvalue weighted by Gasteiger charge is -2.15. The number of benzene rings is 3. The van der Waals surface area contributed by atoms with E-state index in [2.05, 4.69) is 0 Å². The topological polar surface area (TPSA) is 123 Å². The number of aryl methyl sites for hydroxylation is 2. The molecule has 0 amide bonds. The molecular weight excluding hydrogens is 633 g/mol. The monoisotopic (exact) mass is 674 g/mol. The summed E-state index contributed by atoms with van der Waals surface area (Å²) in [6.45, 7) is 7.83. The van der Waals surface area contributed by atoms with Gasteiger partial charge >= 0.3 is 0 Å². The van der Waals surface area contributed by atoms with Gasteiger partial charge in [0.1, 0.15) is 9.16 Å². The molecule has 1 aliphatic rings. The Balaban J connectivity index is 0.000000308. The van der Waals surface area contributed by atoms with E-state index in [-0.39, 0.29) is 17.6 Å². The van der Waals surface area contributed by atoms with Gasteiger partial charge in [-0.3, -0.25) is 0 Å². The Hall–Kier alpha value is -1.83. The maximum absolute atomic E-state index is 12.4. The Morgan fingerprint density at radius 3 is 1.48 bits per heavy atom. The summed E-state index contributed by atoms with van der Waals surface area (Å²) in [5.41, 5.74) is 2.16. The molecule has 12 heteroatoms. The summed E-state index contributed by atoms with van der Waals surface area (Å²) in [7, 11) is -9.25. The number of aliphatic hydroxyl groups is 1. The van der Waals surface area contributed by atoms with Gasteiger partial charge in [-0.15, -0.1) is 23.5 Å². The van der Waals surface area contributed by atoms with Crippen LogP contribution in [0.2, 0.25) is 0 Å². The van der Waals surface area contributed by atoms with Crippen LogP contribution in [0.15, 0.2) is 93.5 Å². The van der Waals surface area contributed by atoms with Crippen molar-refractivity contribution in [1.82, 2.24) is 0 Å². The highest BCUT2D eigenvalue weighted by Crippen LogP contribution is 2.58. The number of aliphatic hydroxyl groups excluding tert-OH is 1. The third-order valence-electron chi connectivity index (χ3n) is 6.14. The number of rotatable bonds is 7. The molecule has 0 bridgehead atoms. The molecule has 1 aliphatic carbocycles. The molecule has 0 spiro atoms. The van der Waals surface area contributed by atoms with Gasteiger partial charge in [-0.2, -0.15) is 0 Å². The van der Waals surface area contributed by atoms with Crippen molar-refractivity contribution >= 4 is 53.0 Å².